The molecule has 4 aliphatic rings. The number of carbonyl (C=O) groups is 2. The van der Waals surface area contributed by atoms with E-state index in [1.807, 2.05) is 43.3 Å². The highest BCUT2D eigenvalue weighted by atomic mass is 16.5. The normalized spacial score (nSPS) is 30.9. The Morgan fingerprint density at radius 1 is 1.07 bits per heavy atom. The van der Waals surface area contributed by atoms with Crippen LogP contribution in [0.4, 0.5) is 0 Å². The van der Waals surface area contributed by atoms with Gasteiger partial charge >= 0.3 is 5.97 Å². The summed E-state index contributed by atoms with van der Waals surface area (Å²) in [7, 11) is 0. The molecule has 4 nitrogen and oxygen atoms in total. The van der Waals surface area contributed by atoms with Crippen molar-refractivity contribution in [1.29, 1.82) is 0 Å². The zero-order valence-corrected chi connectivity index (χ0v) is 16.8. The second-order valence-electron chi connectivity index (χ2n) is 9.00. The first-order valence-corrected chi connectivity index (χ1v) is 10.8. The van der Waals surface area contributed by atoms with E-state index in [1.54, 1.807) is 0 Å². The first kappa shape index (κ1) is 19.2. The van der Waals surface area contributed by atoms with Crippen molar-refractivity contribution in [1.82, 2.24) is 5.32 Å². The third-order valence-electron chi connectivity index (χ3n) is 6.88. The van der Waals surface area contributed by atoms with Crippen molar-refractivity contribution in [2.24, 2.45) is 23.2 Å². The van der Waals surface area contributed by atoms with Gasteiger partial charge in [0.15, 0.2) is 0 Å². The van der Waals surface area contributed by atoms with Gasteiger partial charge in [0.25, 0.3) is 0 Å². The molecule has 150 valence electrons. The molecular weight excluding hydrogens is 350 g/mol. The van der Waals surface area contributed by atoms with Crippen LogP contribution in [0.25, 0.3) is 6.08 Å². The average molecular weight is 382 g/mol. The molecule has 0 aromatic heterocycles. The smallest absolute Gasteiger partial charge is 0.334 e. The molecule has 4 aliphatic carbocycles. The minimum absolute atomic E-state index is 0.137. The summed E-state index contributed by atoms with van der Waals surface area (Å²) < 4.78 is 5.21. The molecule has 1 N–H and O–H groups in total. The summed E-state index contributed by atoms with van der Waals surface area (Å²) in [6.45, 7) is 2.65. The number of hydrogen-bond donors (Lipinski definition) is 1. The number of carbonyl (C=O) groups excluding carboxylic acids is 2. The van der Waals surface area contributed by atoms with E-state index in [0.29, 0.717) is 25.1 Å². The molecule has 1 aromatic rings. The molecular formula is C24H31NO3. The Bertz CT molecular complexity index is 717. The number of hydrogen-bond acceptors (Lipinski definition) is 3. The van der Waals surface area contributed by atoms with Crippen LogP contribution in [0.3, 0.4) is 0 Å². The molecule has 1 amide bonds. The van der Waals surface area contributed by atoms with E-state index in [-0.39, 0.29) is 17.3 Å². The second kappa shape index (κ2) is 8.10. The Labute approximate surface area is 167 Å². The number of nitrogens with one attached hydrogen (secondary N) is 1. The van der Waals surface area contributed by atoms with Crippen LogP contribution in [0.1, 0.15) is 57.4 Å². The standard InChI is InChI=1S/C24H31NO3/c1-2-28-22(26)21(13-17-6-4-3-5-7-17)8-9-25-23(27)24-14-18-10-19(15-24)12-20(11-18)16-24/h3-7,13,18-20H,2,8-12,14-16H2,1H3,(H,25,27)/b21-13+. The molecule has 28 heavy (non-hydrogen) atoms. The maximum Gasteiger partial charge on any atom is 0.334 e. The Morgan fingerprint density at radius 2 is 1.68 bits per heavy atom. The van der Waals surface area contributed by atoms with Crippen molar-refractivity contribution in [2.75, 3.05) is 13.2 Å². The Balaban J connectivity index is 1.38. The molecule has 0 saturated heterocycles. The lowest BCUT2D eigenvalue weighted by molar-refractivity contribution is -0.146. The third-order valence-corrected chi connectivity index (χ3v) is 6.88. The van der Waals surface area contributed by atoms with Crippen molar-refractivity contribution in [3.63, 3.8) is 0 Å². The van der Waals surface area contributed by atoms with Crippen molar-refractivity contribution in [3.05, 3.63) is 41.5 Å². The van der Waals surface area contributed by atoms with Crippen molar-refractivity contribution < 1.29 is 14.3 Å². The molecule has 0 heterocycles. The van der Waals surface area contributed by atoms with E-state index in [0.717, 1.165) is 42.6 Å². The zero-order valence-electron chi connectivity index (χ0n) is 16.8. The molecule has 4 fully saturated rings. The quantitative estimate of drug-likeness (QED) is 0.564. The van der Waals surface area contributed by atoms with E-state index in [9.17, 15) is 9.59 Å². The molecule has 0 unspecified atom stereocenters. The molecule has 4 saturated carbocycles. The summed E-state index contributed by atoms with van der Waals surface area (Å²) >= 11 is 0. The van der Waals surface area contributed by atoms with Gasteiger partial charge in [-0.05, 0) is 81.3 Å². The Kier molecular flexibility index (Phi) is 5.56. The van der Waals surface area contributed by atoms with Gasteiger partial charge in [-0.3, -0.25) is 4.79 Å². The number of rotatable bonds is 7. The predicted octanol–water partition coefficient (Wildman–Crippen LogP) is 4.36. The summed E-state index contributed by atoms with van der Waals surface area (Å²) in [5.41, 5.74) is 1.44. The van der Waals surface area contributed by atoms with Crippen LogP contribution in [0.15, 0.2) is 35.9 Å². The maximum atomic E-state index is 13.1. The molecule has 4 heteroatoms. The highest BCUT2D eigenvalue weighted by molar-refractivity contribution is 5.93. The van der Waals surface area contributed by atoms with E-state index in [2.05, 4.69) is 5.32 Å². The highest BCUT2D eigenvalue weighted by Crippen LogP contribution is 2.60. The topological polar surface area (TPSA) is 55.4 Å². The first-order chi connectivity index (χ1) is 13.6. The molecule has 0 radical (unpaired) electrons. The van der Waals surface area contributed by atoms with Crippen LogP contribution in [0.2, 0.25) is 0 Å². The van der Waals surface area contributed by atoms with Crippen molar-refractivity contribution >= 4 is 18.0 Å². The zero-order chi connectivity index (χ0) is 19.6. The maximum absolute atomic E-state index is 13.1. The van der Waals surface area contributed by atoms with Gasteiger partial charge in [0.1, 0.15) is 0 Å². The van der Waals surface area contributed by atoms with Crippen molar-refractivity contribution in [3.8, 4) is 0 Å². The lowest BCUT2D eigenvalue weighted by Gasteiger charge is -2.55. The number of benzene rings is 1. The monoisotopic (exact) mass is 381 g/mol. The van der Waals surface area contributed by atoms with Crippen LogP contribution in [-0.2, 0) is 14.3 Å². The van der Waals surface area contributed by atoms with Crippen LogP contribution in [-0.4, -0.2) is 25.0 Å². The lowest BCUT2D eigenvalue weighted by atomic mass is 9.49. The highest BCUT2D eigenvalue weighted by Gasteiger charge is 2.54. The van der Waals surface area contributed by atoms with Gasteiger partial charge in [0.05, 0.1) is 6.61 Å². The van der Waals surface area contributed by atoms with E-state index >= 15 is 0 Å². The number of esters is 1. The lowest BCUT2D eigenvalue weighted by Crippen LogP contribution is -2.53. The fourth-order valence-corrected chi connectivity index (χ4v) is 6.09. The third kappa shape index (κ3) is 4.01. The van der Waals surface area contributed by atoms with Crippen LogP contribution in [0.5, 0.6) is 0 Å². The van der Waals surface area contributed by atoms with Gasteiger partial charge in [-0.15, -0.1) is 0 Å². The molecule has 0 atom stereocenters. The minimum atomic E-state index is -0.296. The van der Waals surface area contributed by atoms with Crippen LogP contribution < -0.4 is 5.32 Å². The number of ether oxygens (including phenoxy) is 1. The summed E-state index contributed by atoms with van der Waals surface area (Å²) in [5.74, 6) is 2.19. The fraction of sp³-hybridized carbons (Fsp3) is 0.583. The first-order valence-electron chi connectivity index (χ1n) is 10.8. The molecule has 0 spiro atoms. The summed E-state index contributed by atoms with van der Waals surface area (Å²) in [4.78, 5) is 25.4. The van der Waals surface area contributed by atoms with E-state index in [1.165, 1.54) is 19.3 Å². The van der Waals surface area contributed by atoms with Gasteiger partial charge in [-0.2, -0.15) is 0 Å². The Morgan fingerprint density at radius 3 is 2.25 bits per heavy atom. The molecule has 0 aliphatic heterocycles. The Hall–Kier alpha value is -2.10. The minimum Gasteiger partial charge on any atom is -0.463 e. The largest absolute Gasteiger partial charge is 0.463 e. The molecule has 4 bridgehead atoms. The van der Waals surface area contributed by atoms with E-state index < -0.39 is 0 Å². The summed E-state index contributed by atoms with van der Waals surface area (Å²) in [6, 6.07) is 9.78. The van der Waals surface area contributed by atoms with Gasteiger partial charge in [0, 0.05) is 17.5 Å². The summed E-state index contributed by atoms with van der Waals surface area (Å²) in [5, 5.41) is 3.17. The average Bonchev–Trinajstić information content (AvgIpc) is 2.67. The van der Waals surface area contributed by atoms with Gasteiger partial charge < -0.3 is 10.1 Å². The SMILES string of the molecule is CCOC(=O)/C(=C/c1ccccc1)CCNC(=O)C12CC3CC(CC(C3)C1)C2. The van der Waals surface area contributed by atoms with E-state index in [4.69, 9.17) is 4.74 Å². The summed E-state index contributed by atoms with van der Waals surface area (Å²) in [6.07, 6.45) is 9.55. The number of amides is 1. The van der Waals surface area contributed by atoms with Crippen LogP contribution >= 0.6 is 0 Å². The molecule has 5 rings (SSSR count). The fourth-order valence-electron chi connectivity index (χ4n) is 6.09. The molecule has 1 aromatic carbocycles. The predicted molar refractivity (Wildman–Crippen MR) is 109 cm³/mol. The van der Waals surface area contributed by atoms with Gasteiger partial charge in [0.2, 0.25) is 5.91 Å². The van der Waals surface area contributed by atoms with Gasteiger partial charge in [-0.1, -0.05) is 30.3 Å². The van der Waals surface area contributed by atoms with Crippen molar-refractivity contribution in [2.45, 2.75) is 51.9 Å². The second-order valence-corrected chi connectivity index (χ2v) is 9.00. The van der Waals surface area contributed by atoms with Crippen LogP contribution in [0, 0.1) is 23.2 Å². The van der Waals surface area contributed by atoms with Gasteiger partial charge in [-0.25, -0.2) is 4.79 Å².